The van der Waals surface area contributed by atoms with E-state index in [1.807, 2.05) is 33.8 Å². The van der Waals surface area contributed by atoms with Crippen LogP contribution in [0.5, 0.6) is 0 Å². The van der Waals surface area contributed by atoms with Crippen LogP contribution in [0.2, 0.25) is 0 Å². The molecule has 4 N–H and O–H groups in total. The summed E-state index contributed by atoms with van der Waals surface area (Å²) in [4.78, 5) is 24.0. The molecule has 6 nitrogen and oxygen atoms in total. The zero-order valence-electron chi connectivity index (χ0n) is 13.8. The van der Waals surface area contributed by atoms with Gasteiger partial charge in [0.15, 0.2) is 0 Å². The summed E-state index contributed by atoms with van der Waals surface area (Å²) < 4.78 is 4.86. The highest BCUT2D eigenvalue weighted by molar-refractivity contribution is 5.98. The van der Waals surface area contributed by atoms with Gasteiger partial charge in [-0.25, -0.2) is 0 Å². The predicted octanol–water partition coefficient (Wildman–Crippen LogP) is 1.89. The van der Waals surface area contributed by atoms with E-state index in [9.17, 15) is 9.59 Å². The summed E-state index contributed by atoms with van der Waals surface area (Å²) in [5.74, 6) is -0.422. The van der Waals surface area contributed by atoms with E-state index in [2.05, 4.69) is 10.6 Å². The van der Waals surface area contributed by atoms with Crippen molar-refractivity contribution in [2.24, 2.45) is 11.1 Å². The average Bonchev–Trinajstić information content (AvgIpc) is 2.41. The second-order valence-corrected chi connectivity index (χ2v) is 6.28. The molecule has 0 bridgehead atoms. The predicted molar refractivity (Wildman–Crippen MR) is 87.7 cm³/mol. The molecule has 6 heteroatoms. The number of carbonyl (C=O) groups is 2. The molecular weight excluding hydrogens is 282 g/mol. The number of hydrogen-bond acceptors (Lipinski definition) is 4. The molecule has 0 heterocycles. The molecule has 1 rings (SSSR count). The third-order valence-electron chi connectivity index (χ3n) is 3.12. The lowest BCUT2D eigenvalue weighted by Crippen LogP contribution is -2.39. The van der Waals surface area contributed by atoms with Gasteiger partial charge in [-0.2, -0.15) is 0 Å². The SMILES string of the molecule is COCC(N)C(=O)Nc1cc(NC(=O)C(C)(C)C)ccc1C. The van der Waals surface area contributed by atoms with Crippen molar-refractivity contribution >= 4 is 23.2 Å². The van der Waals surface area contributed by atoms with Crippen LogP contribution in [-0.2, 0) is 14.3 Å². The monoisotopic (exact) mass is 307 g/mol. The number of hydrogen-bond donors (Lipinski definition) is 3. The summed E-state index contributed by atoms with van der Waals surface area (Å²) in [6, 6.07) is 4.60. The molecule has 1 aromatic carbocycles. The Morgan fingerprint density at radius 1 is 1.27 bits per heavy atom. The molecule has 122 valence electrons. The van der Waals surface area contributed by atoms with Crippen molar-refractivity contribution in [3.05, 3.63) is 23.8 Å². The number of nitrogens with two attached hydrogens (primary N) is 1. The third kappa shape index (κ3) is 5.13. The van der Waals surface area contributed by atoms with Crippen molar-refractivity contribution in [2.75, 3.05) is 24.4 Å². The lowest BCUT2D eigenvalue weighted by atomic mass is 9.95. The van der Waals surface area contributed by atoms with Crippen LogP contribution in [0, 0.1) is 12.3 Å². The smallest absolute Gasteiger partial charge is 0.243 e. The maximum absolute atomic E-state index is 12.0. The van der Waals surface area contributed by atoms with Crippen LogP contribution in [-0.4, -0.2) is 31.6 Å². The Kier molecular flexibility index (Phi) is 6.08. The van der Waals surface area contributed by atoms with Gasteiger partial charge in [-0.3, -0.25) is 9.59 Å². The number of anilines is 2. The first-order valence-corrected chi connectivity index (χ1v) is 7.12. The van der Waals surface area contributed by atoms with Gasteiger partial charge in [-0.05, 0) is 24.6 Å². The minimum absolute atomic E-state index is 0.0929. The first-order chi connectivity index (χ1) is 10.1. The minimum Gasteiger partial charge on any atom is -0.383 e. The van der Waals surface area contributed by atoms with Crippen LogP contribution in [0.3, 0.4) is 0 Å². The normalized spacial score (nSPS) is 12.6. The number of amides is 2. The van der Waals surface area contributed by atoms with E-state index in [0.717, 1.165) is 5.56 Å². The molecule has 0 aromatic heterocycles. The van der Waals surface area contributed by atoms with Crippen LogP contribution >= 0.6 is 0 Å². The van der Waals surface area contributed by atoms with Gasteiger partial charge < -0.3 is 21.1 Å². The molecule has 1 aromatic rings. The Bertz CT molecular complexity index is 550. The Hall–Kier alpha value is -1.92. The molecule has 1 unspecified atom stereocenters. The molecule has 0 fully saturated rings. The molecule has 0 spiro atoms. The zero-order valence-corrected chi connectivity index (χ0v) is 13.8. The van der Waals surface area contributed by atoms with E-state index in [4.69, 9.17) is 10.5 Å². The third-order valence-corrected chi connectivity index (χ3v) is 3.12. The molecule has 22 heavy (non-hydrogen) atoms. The molecule has 0 saturated heterocycles. The number of nitrogens with one attached hydrogen (secondary N) is 2. The van der Waals surface area contributed by atoms with Crippen molar-refractivity contribution < 1.29 is 14.3 Å². The Balaban J connectivity index is 2.87. The number of rotatable bonds is 5. The topological polar surface area (TPSA) is 93.4 Å². The van der Waals surface area contributed by atoms with Gasteiger partial charge in [0.2, 0.25) is 11.8 Å². The molecular formula is C16H25N3O3. The van der Waals surface area contributed by atoms with Crippen LogP contribution < -0.4 is 16.4 Å². The van der Waals surface area contributed by atoms with Crippen LogP contribution in [0.4, 0.5) is 11.4 Å². The highest BCUT2D eigenvalue weighted by Gasteiger charge is 2.21. The summed E-state index contributed by atoms with van der Waals surface area (Å²) in [7, 11) is 1.49. The van der Waals surface area contributed by atoms with E-state index in [-0.39, 0.29) is 18.4 Å². The van der Waals surface area contributed by atoms with E-state index in [0.29, 0.717) is 11.4 Å². The fourth-order valence-electron chi connectivity index (χ4n) is 1.63. The molecule has 0 aliphatic carbocycles. The second kappa shape index (κ2) is 7.38. The van der Waals surface area contributed by atoms with Gasteiger partial charge in [0.1, 0.15) is 6.04 Å². The second-order valence-electron chi connectivity index (χ2n) is 6.28. The standard InChI is InChI=1S/C16H25N3O3/c1-10-6-7-11(18-15(21)16(2,3)4)8-13(10)19-14(20)12(17)9-22-5/h6-8,12H,9,17H2,1-5H3,(H,18,21)(H,19,20). The van der Waals surface area contributed by atoms with Crippen molar-refractivity contribution in [1.82, 2.24) is 0 Å². The Labute approximate surface area is 131 Å². The van der Waals surface area contributed by atoms with Crippen molar-refractivity contribution in [3.8, 4) is 0 Å². The maximum Gasteiger partial charge on any atom is 0.243 e. The number of benzene rings is 1. The summed E-state index contributed by atoms with van der Waals surface area (Å²) in [6.07, 6.45) is 0. The van der Waals surface area contributed by atoms with Gasteiger partial charge >= 0.3 is 0 Å². The first-order valence-electron chi connectivity index (χ1n) is 7.12. The fourth-order valence-corrected chi connectivity index (χ4v) is 1.63. The summed E-state index contributed by atoms with van der Waals surface area (Å²) in [6.45, 7) is 7.52. The summed E-state index contributed by atoms with van der Waals surface area (Å²) in [5, 5.41) is 5.58. The number of carbonyl (C=O) groups excluding carboxylic acids is 2. The maximum atomic E-state index is 12.0. The molecule has 1 atom stereocenters. The first kappa shape index (κ1) is 18.1. The average molecular weight is 307 g/mol. The van der Waals surface area contributed by atoms with Gasteiger partial charge in [0, 0.05) is 23.9 Å². The van der Waals surface area contributed by atoms with E-state index < -0.39 is 11.5 Å². The lowest BCUT2D eigenvalue weighted by molar-refractivity contribution is -0.123. The summed E-state index contributed by atoms with van der Waals surface area (Å²) >= 11 is 0. The molecule has 0 saturated carbocycles. The van der Waals surface area contributed by atoms with Gasteiger partial charge in [0.05, 0.1) is 6.61 Å². The fraction of sp³-hybridized carbons (Fsp3) is 0.500. The highest BCUT2D eigenvalue weighted by Crippen LogP contribution is 2.23. The van der Waals surface area contributed by atoms with Gasteiger partial charge in [-0.1, -0.05) is 26.8 Å². The van der Waals surface area contributed by atoms with E-state index >= 15 is 0 Å². The van der Waals surface area contributed by atoms with Gasteiger partial charge in [0.25, 0.3) is 0 Å². The van der Waals surface area contributed by atoms with E-state index in [1.54, 1.807) is 12.1 Å². The number of ether oxygens (including phenoxy) is 1. The molecule has 0 aliphatic heterocycles. The number of methoxy groups -OCH3 is 1. The highest BCUT2D eigenvalue weighted by atomic mass is 16.5. The van der Waals surface area contributed by atoms with Crippen LogP contribution in [0.15, 0.2) is 18.2 Å². The number of aryl methyl sites for hydroxylation is 1. The van der Waals surface area contributed by atoms with Crippen molar-refractivity contribution in [1.29, 1.82) is 0 Å². The van der Waals surface area contributed by atoms with Crippen molar-refractivity contribution in [2.45, 2.75) is 33.7 Å². The van der Waals surface area contributed by atoms with Crippen LogP contribution in [0.25, 0.3) is 0 Å². The van der Waals surface area contributed by atoms with Gasteiger partial charge in [-0.15, -0.1) is 0 Å². The quantitative estimate of drug-likeness (QED) is 0.774. The Morgan fingerprint density at radius 3 is 2.45 bits per heavy atom. The zero-order chi connectivity index (χ0) is 16.9. The lowest BCUT2D eigenvalue weighted by Gasteiger charge is -2.19. The molecule has 0 aliphatic rings. The van der Waals surface area contributed by atoms with Crippen molar-refractivity contribution in [3.63, 3.8) is 0 Å². The van der Waals surface area contributed by atoms with Crippen LogP contribution in [0.1, 0.15) is 26.3 Å². The summed E-state index contributed by atoms with van der Waals surface area (Å²) in [5.41, 5.74) is 7.33. The molecule has 2 amide bonds. The molecule has 0 radical (unpaired) electrons. The minimum atomic E-state index is -0.739. The Morgan fingerprint density at radius 2 is 1.91 bits per heavy atom. The largest absolute Gasteiger partial charge is 0.383 e. The van der Waals surface area contributed by atoms with E-state index in [1.165, 1.54) is 7.11 Å².